The van der Waals surface area contributed by atoms with Gasteiger partial charge in [-0.3, -0.25) is 14.5 Å². The van der Waals surface area contributed by atoms with Crippen LogP contribution >= 0.6 is 0 Å². The zero-order valence-corrected chi connectivity index (χ0v) is 16.7. The number of ether oxygens (including phenoxy) is 2. The van der Waals surface area contributed by atoms with Crippen molar-refractivity contribution in [2.24, 2.45) is 0 Å². The highest BCUT2D eigenvalue weighted by molar-refractivity contribution is 6.24. The minimum absolute atomic E-state index is 0.109. The Bertz CT molecular complexity index is 1050. The molecule has 0 aliphatic carbocycles. The lowest BCUT2D eigenvalue weighted by Crippen LogP contribution is -2.24. The summed E-state index contributed by atoms with van der Waals surface area (Å²) in [4.78, 5) is 38.9. The summed E-state index contributed by atoms with van der Waals surface area (Å²) in [6.07, 6.45) is 1.65. The number of allylic oxidation sites excluding steroid dienone is 1. The molecule has 29 heavy (non-hydrogen) atoms. The number of hydrogen-bond acceptors (Lipinski definition) is 5. The first kappa shape index (κ1) is 20.1. The minimum atomic E-state index is -0.596. The van der Waals surface area contributed by atoms with Crippen LogP contribution in [0.25, 0.3) is 6.08 Å². The Morgan fingerprint density at radius 2 is 1.72 bits per heavy atom. The van der Waals surface area contributed by atoms with Gasteiger partial charge in [0, 0.05) is 16.9 Å². The first-order valence-corrected chi connectivity index (χ1v) is 8.98. The maximum Gasteiger partial charge on any atom is 0.340 e. The number of carbonyl (C=O) groups excluding carboxylic acids is 3. The van der Waals surface area contributed by atoms with Crippen LogP contribution in [0, 0.1) is 0 Å². The lowest BCUT2D eigenvalue weighted by atomic mass is 10.0. The molecule has 0 aromatic heterocycles. The van der Waals surface area contributed by atoms with Crippen molar-refractivity contribution in [3.63, 3.8) is 0 Å². The van der Waals surface area contributed by atoms with E-state index in [0.717, 1.165) is 5.56 Å². The van der Waals surface area contributed by atoms with E-state index in [1.807, 2.05) is 0 Å². The van der Waals surface area contributed by atoms with E-state index in [0.29, 0.717) is 22.7 Å². The van der Waals surface area contributed by atoms with Crippen LogP contribution in [0.15, 0.2) is 65.4 Å². The fraction of sp³-hybridized carbons (Fsp3) is 0.174. The Labute approximate surface area is 169 Å². The fourth-order valence-electron chi connectivity index (χ4n) is 3.22. The number of ketones is 1. The largest absolute Gasteiger partial charge is 0.497 e. The number of Topliss-reactive ketones (excluding diaryl/α,β-unsaturated/α-hetero) is 1. The Kier molecular flexibility index (Phi) is 5.64. The van der Waals surface area contributed by atoms with Crippen molar-refractivity contribution in [1.29, 1.82) is 0 Å². The van der Waals surface area contributed by atoms with Gasteiger partial charge < -0.3 is 9.47 Å². The summed E-state index contributed by atoms with van der Waals surface area (Å²) in [5.74, 6) is -0.380. The van der Waals surface area contributed by atoms with Gasteiger partial charge in [0.2, 0.25) is 0 Å². The number of esters is 1. The maximum absolute atomic E-state index is 13.3. The standard InChI is InChI=1S/C23H21NO5/c1-14-21(23(27)29-4)20(12-16-8-10-19(28-3)11-9-16)22(26)24(14)18-7-5-6-17(13-18)15(2)25/h5-13H,1-4H3/b20-12-. The van der Waals surface area contributed by atoms with E-state index >= 15 is 0 Å². The number of nitrogens with zero attached hydrogens (tertiary/aromatic N) is 1. The van der Waals surface area contributed by atoms with E-state index in [-0.39, 0.29) is 22.8 Å². The zero-order valence-electron chi connectivity index (χ0n) is 16.7. The number of amides is 1. The highest BCUT2D eigenvalue weighted by Gasteiger charge is 2.38. The number of benzene rings is 2. The minimum Gasteiger partial charge on any atom is -0.497 e. The van der Waals surface area contributed by atoms with Crippen molar-refractivity contribution < 1.29 is 23.9 Å². The second-order valence-electron chi connectivity index (χ2n) is 6.53. The predicted octanol–water partition coefficient (Wildman–Crippen LogP) is 3.78. The molecule has 0 fully saturated rings. The van der Waals surface area contributed by atoms with Crippen molar-refractivity contribution in [1.82, 2.24) is 0 Å². The lowest BCUT2D eigenvalue weighted by Gasteiger charge is -2.18. The van der Waals surface area contributed by atoms with Crippen molar-refractivity contribution in [2.45, 2.75) is 13.8 Å². The summed E-state index contributed by atoms with van der Waals surface area (Å²) in [6, 6.07) is 13.9. The summed E-state index contributed by atoms with van der Waals surface area (Å²) < 4.78 is 10.1. The highest BCUT2D eigenvalue weighted by Crippen LogP contribution is 2.35. The summed E-state index contributed by atoms with van der Waals surface area (Å²) in [6.45, 7) is 3.14. The number of rotatable bonds is 5. The van der Waals surface area contributed by atoms with Gasteiger partial charge in [-0.15, -0.1) is 0 Å². The fourth-order valence-corrected chi connectivity index (χ4v) is 3.22. The number of anilines is 1. The van der Waals surface area contributed by atoms with Gasteiger partial charge in [0.25, 0.3) is 5.91 Å². The number of carbonyl (C=O) groups is 3. The third-order valence-electron chi connectivity index (χ3n) is 4.73. The molecule has 0 unspecified atom stereocenters. The maximum atomic E-state index is 13.3. The molecule has 0 saturated carbocycles. The van der Waals surface area contributed by atoms with Crippen LogP contribution in [0.1, 0.15) is 29.8 Å². The van der Waals surface area contributed by atoms with Gasteiger partial charge in [0.15, 0.2) is 5.78 Å². The summed E-state index contributed by atoms with van der Waals surface area (Å²) >= 11 is 0. The van der Waals surface area contributed by atoms with Crippen LogP contribution < -0.4 is 9.64 Å². The van der Waals surface area contributed by atoms with Crippen LogP contribution in [0.5, 0.6) is 5.75 Å². The second kappa shape index (κ2) is 8.14. The molecule has 148 valence electrons. The van der Waals surface area contributed by atoms with Gasteiger partial charge >= 0.3 is 5.97 Å². The Balaban J connectivity index is 2.11. The molecule has 0 atom stereocenters. The van der Waals surface area contributed by atoms with Gasteiger partial charge in [-0.2, -0.15) is 0 Å². The predicted molar refractivity (Wildman–Crippen MR) is 110 cm³/mol. The summed E-state index contributed by atoms with van der Waals surface area (Å²) in [5, 5.41) is 0. The first-order valence-electron chi connectivity index (χ1n) is 8.98. The lowest BCUT2D eigenvalue weighted by molar-refractivity contribution is -0.136. The van der Waals surface area contributed by atoms with Crippen LogP contribution in [0.4, 0.5) is 5.69 Å². The third-order valence-corrected chi connectivity index (χ3v) is 4.73. The van der Waals surface area contributed by atoms with Crippen molar-refractivity contribution in [3.05, 3.63) is 76.5 Å². The molecule has 1 heterocycles. The van der Waals surface area contributed by atoms with Gasteiger partial charge in [-0.25, -0.2) is 4.79 Å². The second-order valence-corrected chi connectivity index (χ2v) is 6.53. The molecule has 0 radical (unpaired) electrons. The van der Waals surface area contributed by atoms with Gasteiger partial charge in [0.05, 0.1) is 25.4 Å². The summed E-state index contributed by atoms with van der Waals surface area (Å²) in [5.41, 5.74) is 2.61. The molecule has 0 saturated heterocycles. The molecule has 2 aromatic carbocycles. The van der Waals surface area contributed by atoms with Gasteiger partial charge in [-0.1, -0.05) is 24.3 Å². The van der Waals surface area contributed by atoms with Crippen molar-refractivity contribution in [3.8, 4) is 5.75 Å². The van der Waals surface area contributed by atoms with Crippen LogP contribution in [-0.4, -0.2) is 31.9 Å². The number of hydrogen-bond donors (Lipinski definition) is 0. The third kappa shape index (κ3) is 3.82. The molecule has 6 heteroatoms. The molecule has 0 bridgehead atoms. The van der Waals surface area contributed by atoms with E-state index in [4.69, 9.17) is 9.47 Å². The molecule has 1 aliphatic heterocycles. The molecule has 2 aromatic rings. The number of methoxy groups -OCH3 is 2. The normalized spacial score (nSPS) is 15.1. The first-order chi connectivity index (χ1) is 13.9. The van der Waals surface area contributed by atoms with E-state index in [9.17, 15) is 14.4 Å². The molecule has 6 nitrogen and oxygen atoms in total. The van der Waals surface area contributed by atoms with Crippen LogP contribution in [-0.2, 0) is 14.3 Å². The molecular formula is C23H21NO5. The molecular weight excluding hydrogens is 370 g/mol. The topological polar surface area (TPSA) is 72.9 Å². The van der Waals surface area contributed by atoms with E-state index in [1.54, 1.807) is 68.6 Å². The molecule has 1 amide bonds. The monoisotopic (exact) mass is 391 g/mol. The average Bonchev–Trinajstić information content (AvgIpc) is 2.97. The Morgan fingerprint density at radius 1 is 1.03 bits per heavy atom. The molecule has 1 aliphatic rings. The van der Waals surface area contributed by atoms with Crippen molar-refractivity contribution >= 4 is 29.4 Å². The van der Waals surface area contributed by atoms with Crippen LogP contribution in [0.3, 0.4) is 0 Å². The summed E-state index contributed by atoms with van der Waals surface area (Å²) in [7, 11) is 2.85. The van der Waals surface area contributed by atoms with E-state index in [1.165, 1.54) is 18.9 Å². The SMILES string of the molecule is COC(=O)C1=C(C)N(c2cccc(C(C)=O)c2)C(=O)/C1=C\c1ccc(OC)cc1. The van der Waals surface area contributed by atoms with Crippen molar-refractivity contribution in [2.75, 3.05) is 19.1 Å². The molecule has 0 N–H and O–H groups in total. The van der Waals surface area contributed by atoms with E-state index < -0.39 is 5.97 Å². The van der Waals surface area contributed by atoms with Gasteiger partial charge in [-0.05, 0) is 49.8 Å². The Morgan fingerprint density at radius 3 is 2.31 bits per heavy atom. The highest BCUT2D eigenvalue weighted by atomic mass is 16.5. The van der Waals surface area contributed by atoms with Crippen LogP contribution in [0.2, 0.25) is 0 Å². The van der Waals surface area contributed by atoms with E-state index in [2.05, 4.69) is 0 Å². The smallest absolute Gasteiger partial charge is 0.340 e. The quantitative estimate of drug-likeness (QED) is 0.441. The average molecular weight is 391 g/mol. The zero-order chi connectivity index (χ0) is 21.1. The molecule has 3 rings (SSSR count). The Hall–Kier alpha value is -3.67. The molecule has 0 spiro atoms. The van der Waals surface area contributed by atoms with Gasteiger partial charge in [0.1, 0.15) is 5.75 Å².